The maximum atomic E-state index is 12.4. The monoisotopic (exact) mass is 353 g/mol. The van der Waals surface area contributed by atoms with Crippen LogP contribution in [0.1, 0.15) is 11.4 Å². The van der Waals surface area contributed by atoms with Crippen molar-refractivity contribution in [1.29, 1.82) is 0 Å². The topological polar surface area (TPSA) is 105 Å². The lowest BCUT2D eigenvalue weighted by molar-refractivity contribution is 0.581. The maximum absolute atomic E-state index is 12.4. The van der Waals surface area contributed by atoms with Crippen LogP contribution in [0, 0.1) is 13.8 Å². The molecule has 2 aromatic heterocycles. The van der Waals surface area contributed by atoms with Gasteiger partial charge in [0.15, 0.2) is 5.82 Å². The Kier molecular flexibility index (Phi) is 5.40. The van der Waals surface area contributed by atoms with Gasteiger partial charge in [-0.1, -0.05) is 0 Å². The number of hydrogen-bond donors (Lipinski definition) is 2. The minimum atomic E-state index is -3.59. The summed E-state index contributed by atoms with van der Waals surface area (Å²) < 4.78 is 29.0. The van der Waals surface area contributed by atoms with Gasteiger partial charge in [0.05, 0.1) is 23.3 Å². The first-order valence-corrected chi connectivity index (χ1v) is 8.94. The van der Waals surface area contributed by atoms with E-state index in [1.807, 2.05) is 25.1 Å². The first-order valence-electron chi connectivity index (χ1n) is 7.46. The summed E-state index contributed by atoms with van der Waals surface area (Å²) in [5, 5.41) is 15.1. The Hall–Kier alpha value is -2.20. The Balaban J connectivity index is 1.95. The van der Waals surface area contributed by atoms with Crippen LogP contribution < -0.4 is 14.9 Å². The van der Waals surface area contributed by atoms with Crippen LogP contribution in [0.15, 0.2) is 17.2 Å². The molecule has 9 nitrogen and oxygen atoms in total. The highest BCUT2D eigenvalue weighted by Crippen LogP contribution is 2.18. The summed E-state index contributed by atoms with van der Waals surface area (Å²) in [6.45, 7) is 4.03. The fourth-order valence-corrected chi connectivity index (χ4v) is 3.74. The number of aromatic nitrogens is 4. The molecular weight excluding hydrogens is 330 g/mol. The van der Waals surface area contributed by atoms with Crippen molar-refractivity contribution in [3.63, 3.8) is 0 Å². The molecule has 0 aliphatic heterocycles. The maximum Gasteiger partial charge on any atom is 0.244 e. The molecule has 0 spiro atoms. The Morgan fingerprint density at radius 3 is 2.54 bits per heavy atom. The van der Waals surface area contributed by atoms with Crippen LogP contribution in [0.4, 0.5) is 11.5 Å². The van der Waals surface area contributed by atoms with Crippen molar-refractivity contribution in [2.45, 2.75) is 18.7 Å². The van der Waals surface area contributed by atoms with Gasteiger partial charge in [0.1, 0.15) is 4.90 Å². The third kappa shape index (κ3) is 4.01. The second-order valence-corrected chi connectivity index (χ2v) is 7.35. The van der Waals surface area contributed by atoms with Crippen LogP contribution in [0.3, 0.4) is 0 Å². The molecule has 2 rings (SSSR count). The molecule has 0 fully saturated rings. The fraction of sp³-hybridized carbons (Fsp3) is 0.500. The number of anilines is 2. The molecule has 2 heterocycles. The average Bonchev–Trinajstić information content (AvgIpc) is 2.77. The Labute approximate surface area is 142 Å². The van der Waals surface area contributed by atoms with E-state index in [0.717, 1.165) is 5.69 Å². The van der Waals surface area contributed by atoms with E-state index < -0.39 is 10.0 Å². The molecule has 0 aliphatic carbocycles. The zero-order valence-corrected chi connectivity index (χ0v) is 15.3. The molecule has 24 heavy (non-hydrogen) atoms. The van der Waals surface area contributed by atoms with E-state index >= 15 is 0 Å². The Morgan fingerprint density at radius 2 is 1.96 bits per heavy atom. The van der Waals surface area contributed by atoms with Crippen molar-refractivity contribution in [2.75, 3.05) is 37.4 Å². The van der Waals surface area contributed by atoms with Gasteiger partial charge in [0.25, 0.3) is 0 Å². The first-order chi connectivity index (χ1) is 11.2. The summed E-state index contributed by atoms with van der Waals surface area (Å²) in [5.74, 6) is 0.592. The molecule has 0 aliphatic rings. The van der Waals surface area contributed by atoms with E-state index in [1.54, 1.807) is 31.8 Å². The second kappa shape index (κ2) is 7.14. The quantitative estimate of drug-likeness (QED) is 0.689. The SMILES string of the molecule is Cc1nn(C)c(C)c1S(=O)(=O)NCCNc1cc(N(C)C)cnn1. The molecule has 10 heteroatoms. The van der Waals surface area contributed by atoms with Gasteiger partial charge in [-0.05, 0) is 13.8 Å². The highest BCUT2D eigenvalue weighted by atomic mass is 32.2. The normalized spacial score (nSPS) is 11.5. The lowest BCUT2D eigenvalue weighted by atomic mass is 10.4. The van der Waals surface area contributed by atoms with E-state index in [-0.39, 0.29) is 11.4 Å². The predicted molar refractivity (Wildman–Crippen MR) is 92.7 cm³/mol. The second-order valence-electron chi connectivity index (χ2n) is 5.64. The third-order valence-corrected chi connectivity index (χ3v) is 5.30. The lowest BCUT2D eigenvalue weighted by Crippen LogP contribution is -2.29. The summed E-state index contributed by atoms with van der Waals surface area (Å²) in [7, 11) is 1.95. The van der Waals surface area contributed by atoms with Crippen molar-refractivity contribution >= 4 is 21.5 Å². The lowest BCUT2D eigenvalue weighted by Gasteiger charge is -2.13. The Bertz CT molecular complexity index is 815. The average molecular weight is 353 g/mol. The van der Waals surface area contributed by atoms with Crippen molar-refractivity contribution < 1.29 is 8.42 Å². The van der Waals surface area contributed by atoms with E-state index in [9.17, 15) is 8.42 Å². The molecule has 132 valence electrons. The smallest absolute Gasteiger partial charge is 0.244 e. The first kappa shape index (κ1) is 18.1. The van der Waals surface area contributed by atoms with Gasteiger partial charge in [-0.3, -0.25) is 4.68 Å². The third-order valence-electron chi connectivity index (χ3n) is 3.59. The summed E-state index contributed by atoms with van der Waals surface area (Å²) in [6.07, 6.45) is 1.65. The molecule has 0 unspecified atom stereocenters. The molecule has 0 bridgehead atoms. The molecular formula is C14H23N7O2S. The summed E-state index contributed by atoms with van der Waals surface area (Å²) >= 11 is 0. The van der Waals surface area contributed by atoms with Crippen LogP contribution in [-0.4, -0.2) is 55.6 Å². The minimum absolute atomic E-state index is 0.226. The van der Waals surface area contributed by atoms with E-state index in [0.29, 0.717) is 23.8 Å². The molecule has 2 aromatic rings. The number of nitrogens with zero attached hydrogens (tertiary/aromatic N) is 5. The van der Waals surface area contributed by atoms with Crippen LogP contribution in [-0.2, 0) is 17.1 Å². The molecule has 0 amide bonds. The van der Waals surface area contributed by atoms with Crippen molar-refractivity contribution in [1.82, 2.24) is 24.7 Å². The van der Waals surface area contributed by atoms with Crippen LogP contribution in [0.2, 0.25) is 0 Å². The Morgan fingerprint density at radius 1 is 1.25 bits per heavy atom. The highest BCUT2D eigenvalue weighted by Gasteiger charge is 2.23. The minimum Gasteiger partial charge on any atom is -0.376 e. The van der Waals surface area contributed by atoms with Crippen LogP contribution in [0.25, 0.3) is 0 Å². The van der Waals surface area contributed by atoms with Gasteiger partial charge in [0, 0.05) is 40.3 Å². The van der Waals surface area contributed by atoms with Gasteiger partial charge in [-0.15, -0.1) is 5.10 Å². The van der Waals surface area contributed by atoms with Gasteiger partial charge in [-0.25, -0.2) is 13.1 Å². The summed E-state index contributed by atoms with van der Waals surface area (Å²) in [5.41, 5.74) is 2.01. The van der Waals surface area contributed by atoms with Gasteiger partial charge in [-0.2, -0.15) is 10.2 Å². The molecule has 0 saturated carbocycles. The van der Waals surface area contributed by atoms with Crippen molar-refractivity contribution in [3.8, 4) is 0 Å². The fourth-order valence-electron chi connectivity index (χ4n) is 2.28. The summed E-state index contributed by atoms with van der Waals surface area (Å²) in [6, 6.07) is 1.84. The molecule has 0 aromatic carbocycles. The molecule has 0 radical (unpaired) electrons. The number of hydrogen-bond acceptors (Lipinski definition) is 7. The van der Waals surface area contributed by atoms with Gasteiger partial charge >= 0.3 is 0 Å². The van der Waals surface area contributed by atoms with Crippen molar-refractivity contribution in [2.24, 2.45) is 7.05 Å². The standard InChI is InChI=1S/C14H23N7O2S/c1-10-14(11(2)21(5)19-10)24(22,23)17-7-6-15-13-8-12(20(3)4)9-16-18-13/h8-9,17H,6-7H2,1-5H3,(H,15,18). The molecule has 2 N–H and O–H groups in total. The van der Waals surface area contributed by atoms with Crippen LogP contribution >= 0.6 is 0 Å². The van der Waals surface area contributed by atoms with Gasteiger partial charge in [0.2, 0.25) is 10.0 Å². The molecule has 0 atom stereocenters. The number of rotatable bonds is 7. The zero-order valence-electron chi connectivity index (χ0n) is 14.5. The zero-order chi connectivity index (χ0) is 17.9. The van der Waals surface area contributed by atoms with E-state index in [2.05, 4.69) is 25.3 Å². The number of sulfonamides is 1. The predicted octanol–water partition coefficient (Wildman–Crippen LogP) is 0.283. The number of nitrogens with one attached hydrogen (secondary N) is 2. The summed E-state index contributed by atoms with van der Waals surface area (Å²) in [4.78, 5) is 2.15. The van der Waals surface area contributed by atoms with Crippen molar-refractivity contribution in [3.05, 3.63) is 23.7 Å². The van der Waals surface area contributed by atoms with Crippen LogP contribution in [0.5, 0.6) is 0 Å². The highest BCUT2D eigenvalue weighted by molar-refractivity contribution is 7.89. The number of aryl methyl sites for hydroxylation is 2. The van der Waals surface area contributed by atoms with E-state index in [1.165, 1.54) is 0 Å². The van der Waals surface area contributed by atoms with E-state index in [4.69, 9.17) is 0 Å². The largest absolute Gasteiger partial charge is 0.376 e. The van der Waals surface area contributed by atoms with Gasteiger partial charge < -0.3 is 10.2 Å². The molecule has 0 saturated heterocycles.